The molecule has 2 N–H and O–H groups in total. The van der Waals surface area contributed by atoms with E-state index in [2.05, 4.69) is 5.32 Å². The van der Waals surface area contributed by atoms with Crippen molar-refractivity contribution in [2.45, 2.75) is 32.2 Å². The zero-order valence-electron chi connectivity index (χ0n) is 12.5. The van der Waals surface area contributed by atoms with Crippen LogP contribution in [-0.2, 0) is 9.59 Å². The maximum Gasteiger partial charge on any atom is 0.303 e. The highest BCUT2D eigenvalue weighted by Gasteiger charge is 2.25. The van der Waals surface area contributed by atoms with E-state index < -0.39 is 11.5 Å². The maximum absolute atomic E-state index is 12.3. The van der Waals surface area contributed by atoms with Gasteiger partial charge in [-0.15, -0.1) is 0 Å². The Morgan fingerprint density at radius 2 is 2.14 bits per heavy atom. The molecule has 1 amide bonds. The summed E-state index contributed by atoms with van der Waals surface area (Å²) in [5.74, 6) is -0.460. The Balaban J connectivity index is 2.08. The van der Waals surface area contributed by atoms with Crippen LogP contribution in [0.1, 0.15) is 32.3 Å². The molecule has 0 saturated carbocycles. The summed E-state index contributed by atoms with van der Waals surface area (Å²) in [4.78, 5) is 23.0. The van der Waals surface area contributed by atoms with Gasteiger partial charge in [-0.2, -0.15) is 0 Å². The van der Waals surface area contributed by atoms with Crippen LogP contribution in [0.25, 0.3) is 6.08 Å². The van der Waals surface area contributed by atoms with Gasteiger partial charge in [-0.1, -0.05) is 11.6 Å². The summed E-state index contributed by atoms with van der Waals surface area (Å²) in [5.41, 5.74) is 0.635. The van der Waals surface area contributed by atoms with Gasteiger partial charge >= 0.3 is 5.97 Å². The number of ether oxygens (including phenoxy) is 1. The third-order valence-electron chi connectivity index (χ3n) is 3.39. The van der Waals surface area contributed by atoms with Crippen LogP contribution in [-0.4, -0.2) is 29.1 Å². The van der Waals surface area contributed by atoms with Crippen LogP contribution in [0.15, 0.2) is 23.8 Å². The summed E-state index contributed by atoms with van der Waals surface area (Å²) in [7, 11) is 0. The van der Waals surface area contributed by atoms with E-state index in [1.54, 1.807) is 38.1 Å². The molecule has 0 atom stereocenters. The van der Waals surface area contributed by atoms with E-state index in [0.717, 1.165) is 5.56 Å². The Morgan fingerprint density at radius 1 is 1.41 bits per heavy atom. The standard InChI is InChI=1S/C16H18ClNO4/c1-16(2,6-5-14(19)20)18-15(21)11-7-10-8-12(17)3-4-13(10)22-9-11/h3-4,7-8H,5-6,9H2,1-2H3,(H,18,21)(H,19,20). The Bertz CT molecular complexity index is 637. The SMILES string of the molecule is CC(C)(CCC(=O)O)NC(=O)C1=Cc2cc(Cl)ccc2OC1. The molecule has 1 aromatic carbocycles. The Labute approximate surface area is 133 Å². The van der Waals surface area contributed by atoms with Gasteiger partial charge in [-0.05, 0) is 44.5 Å². The van der Waals surface area contributed by atoms with Crippen molar-refractivity contribution in [1.82, 2.24) is 5.32 Å². The second-order valence-electron chi connectivity index (χ2n) is 5.87. The van der Waals surface area contributed by atoms with Crippen molar-refractivity contribution in [3.05, 3.63) is 34.4 Å². The summed E-state index contributed by atoms with van der Waals surface area (Å²) in [6.07, 6.45) is 2.10. The van der Waals surface area contributed by atoms with Gasteiger partial charge in [0.15, 0.2) is 0 Å². The normalized spacial score (nSPS) is 13.7. The minimum absolute atomic E-state index is 0.00126. The van der Waals surface area contributed by atoms with Crippen molar-refractivity contribution in [2.75, 3.05) is 6.61 Å². The molecule has 0 spiro atoms. The lowest BCUT2D eigenvalue weighted by atomic mass is 9.97. The second kappa shape index (κ2) is 6.40. The first kappa shape index (κ1) is 16.4. The van der Waals surface area contributed by atoms with E-state index in [1.165, 1.54) is 0 Å². The van der Waals surface area contributed by atoms with Crippen molar-refractivity contribution in [3.63, 3.8) is 0 Å². The fourth-order valence-corrected chi connectivity index (χ4v) is 2.33. The molecule has 0 bridgehead atoms. The number of carboxylic acids is 1. The maximum atomic E-state index is 12.3. The molecule has 1 heterocycles. The zero-order chi connectivity index (χ0) is 16.3. The van der Waals surface area contributed by atoms with Gasteiger partial charge in [0.1, 0.15) is 12.4 Å². The van der Waals surface area contributed by atoms with Crippen LogP contribution in [0.4, 0.5) is 0 Å². The lowest BCUT2D eigenvalue weighted by Gasteiger charge is -2.27. The molecule has 5 nitrogen and oxygen atoms in total. The number of nitrogens with one attached hydrogen (secondary N) is 1. The van der Waals surface area contributed by atoms with Gasteiger partial charge in [-0.3, -0.25) is 9.59 Å². The van der Waals surface area contributed by atoms with E-state index in [-0.39, 0.29) is 18.9 Å². The molecular formula is C16H18ClNO4. The third kappa shape index (κ3) is 4.24. The Hall–Kier alpha value is -2.01. The van der Waals surface area contributed by atoms with Gasteiger partial charge in [-0.25, -0.2) is 0 Å². The highest BCUT2D eigenvalue weighted by molar-refractivity contribution is 6.30. The predicted octanol–water partition coefficient (Wildman–Crippen LogP) is 2.88. The molecule has 6 heteroatoms. The first-order chi connectivity index (χ1) is 10.3. The van der Waals surface area contributed by atoms with Crippen molar-refractivity contribution in [2.24, 2.45) is 0 Å². The van der Waals surface area contributed by atoms with Crippen molar-refractivity contribution >= 4 is 29.6 Å². The molecule has 0 saturated heterocycles. The smallest absolute Gasteiger partial charge is 0.303 e. The molecule has 2 rings (SSSR count). The molecule has 1 aliphatic rings. The number of halogens is 1. The summed E-state index contributed by atoms with van der Waals surface area (Å²) in [6, 6.07) is 5.23. The van der Waals surface area contributed by atoms with Gasteiger partial charge in [0.05, 0.1) is 5.57 Å². The first-order valence-electron chi connectivity index (χ1n) is 6.94. The number of hydrogen-bond acceptors (Lipinski definition) is 3. The minimum Gasteiger partial charge on any atom is -0.488 e. The van der Waals surface area contributed by atoms with E-state index in [9.17, 15) is 9.59 Å². The fourth-order valence-electron chi connectivity index (χ4n) is 2.15. The first-order valence-corrected chi connectivity index (χ1v) is 7.32. The molecule has 1 aliphatic heterocycles. The number of carbonyl (C=O) groups is 2. The van der Waals surface area contributed by atoms with Crippen molar-refractivity contribution in [3.8, 4) is 5.75 Å². The summed E-state index contributed by atoms with van der Waals surface area (Å²) >= 11 is 5.94. The van der Waals surface area contributed by atoms with Crippen LogP contribution in [0.2, 0.25) is 5.02 Å². The molecule has 0 fully saturated rings. The Kier molecular flexibility index (Phi) is 4.76. The lowest BCUT2D eigenvalue weighted by molar-refractivity contribution is -0.137. The van der Waals surface area contributed by atoms with Gasteiger partial charge in [0.25, 0.3) is 5.91 Å². The van der Waals surface area contributed by atoms with Crippen LogP contribution in [0.5, 0.6) is 5.75 Å². The molecular weight excluding hydrogens is 306 g/mol. The van der Waals surface area contributed by atoms with Crippen LogP contribution < -0.4 is 10.1 Å². The minimum atomic E-state index is -0.883. The highest BCUT2D eigenvalue weighted by Crippen LogP contribution is 2.29. The van der Waals surface area contributed by atoms with E-state index in [1.807, 2.05) is 0 Å². The molecule has 1 aromatic rings. The lowest BCUT2D eigenvalue weighted by Crippen LogP contribution is -2.45. The largest absolute Gasteiger partial charge is 0.488 e. The number of benzene rings is 1. The average molecular weight is 324 g/mol. The monoisotopic (exact) mass is 323 g/mol. The highest BCUT2D eigenvalue weighted by atomic mass is 35.5. The quantitative estimate of drug-likeness (QED) is 0.873. The van der Waals surface area contributed by atoms with Gasteiger partial charge < -0.3 is 15.2 Å². The molecule has 0 radical (unpaired) electrons. The molecule has 22 heavy (non-hydrogen) atoms. The van der Waals surface area contributed by atoms with E-state index in [0.29, 0.717) is 22.8 Å². The van der Waals surface area contributed by atoms with Gasteiger partial charge in [0, 0.05) is 22.5 Å². The fraction of sp³-hybridized carbons (Fsp3) is 0.375. The van der Waals surface area contributed by atoms with Crippen molar-refractivity contribution < 1.29 is 19.4 Å². The summed E-state index contributed by atoms with van der Waals surface area (Å²) < 4.78 is 5.54. The molecule has 118 valence electrons. The molecule has 0 aliphatic carbocycles. The number of carboxylic acid groups (broad SMARTS) is 1. The molecule has 0 unspecified atom stereocenters. The zero-order valence-corrected chi connectivity index (χ0v) is 13.2. The van der Waals surface area contributed by atoms with E-state index >= 15 is 0 Å². The van der Waals surface area contributed by atoms with Crippen LogP contribution in [0, 0.1) is 0 Å². The number of rotatable bonds is 5. The number of fused-ring (bicyclic) bond motifs is 1. The molecule has 0 aromatic heterocycles. The van der Waals surface area contributed by atoms with Crippen molar-refractivity contribution in [1.29, 1.82) is 0 Å². The topological polar surface area (TPSA) is 75.6 Å². The van der Waals surface area contributed by atoms with Crippen LogP contribution in [0.3, 0.4) is 0 Å². The third-order valence-corrected chi connectivity index (χ3v) is 3.63. The van der Waals surface area contributed by atoms with Gasteiger partial charge in [0.2, 0.25) is 0 Å². The number of carbonyl (C=O) groups excluding carboxylic acids is 1. The average Bonchev–Trinajstić information content (AvgIpc) is 2.44. The van der Waals surface area contributed by atoms with Crippen LogP contribution >= 0.6 is 11.6 Å². The predicted molar refractivity (Wildman–Crippen MR) is 84.0 cm³/mol. The summed E-state index contributed by atoms with van der Waals surface area (Å²) in [6.45, 7) is 3.77. The van der Waals surface area contributed by atoms with E-state index in [4.69, 9.17) is 21.4 Å². The number of amides is 1. The number of aliphatic carboxylic acids is 1. The second-order valence-corrected chi connectivity index (χ2v) is 6.31. The number of hydrogen-bond donors (Lipinski definition) is 2. The summed E-state index contributed by atoms with van der Waals surface area (Å²) in [5, 5.41) is 12.2. The Morgan fingerprint density at radius 3 is 2.82 bits per heavy atom.